The van der Waals surface area contributed by atoms with Crippen molar-refractivity contribution in [3.63, 3.8) is 0 Å². The van der Waals surface area contributed by atoms with E-state index < -0.39 is 0 Å². The second-order valence-electron chi connectivity index (χ2n) is 3.96. The van der Waals surface area contributed by atoms with E-state index in [1.165, 1.54) is 6.92 Å². The van der Waals surface area contributed by atoms with Crippen molar-refractivity contribution in [3.05, 3.63) is 47.3 Å². The summed E-state index contributed by atoms with van der Waals surface area (Å²) in [5.74, 6) is 1.31. The van der Waals surface area contributed by atoms with Crippen LogP contribution in [0.3, 0.4) is 0 Å². The van der Waals surface area contributed by atoms with Crippen LogP contribution in [0.4, 0.5) is 0 Å². The number of aromatic nitrogens is 1. The molecule has 0 atom stereocenters. The predicted octanol–water partition coefficient (Wildman–Crippen LogP) is 2.43. The maximum Gasteiger partial charge on any atom is 0.249 e. The molecule has 0 saturated carbocycles. The van der Waals surface area contributed by atoms with E-state index in [-0.39, 0.29) is 5.91 Å². The fourth-order valence-electron chi connectivity index (χ4n) is 1.57. The number of nitrogens with one attached hydrogen (secondary N) is 1. The Morgan fingerprint density at radius 2 is 2.26 bits per heavy atom. The van der Waals surface area contributed by atoms with E-state index in [0.29, 0.717) is 29.5 Å². The summed E-state index contributed by atoms with van der Waals surface area (Å²) in [5.41, 5.74) is 3.87. The summed E-state index contributed by atoms with van der Waals surface area (Å²) >= 11 is 5.66. The molecule has 0 fully saturated rings. The normalized spacial score (nSPS) is 10.2. The second-order valence-corrected chi connectivity index (χ2v) is 4.23. The first kappa shape index (κ1) is 13.4. The van der Waals surface area contributed by atoms with Gasteiger partial charge in [-0.15, -0.1) is 11.6 Å². The third kappa shape index (κ3) is 3.72. The largest absolute Gasteiger partial charge is 0.379 e. The second kappa shape index (κ2) is 6.24. The Kier molecular flexibility index (Phi) is 4.41. The van der Waals surface area contributed by atoms with E-state index in [9.17, 15) is 4.79 Å². The predicted molar refractivity (Wildman–Crippen MR) is 69.8 cm³/mol. The van der Waals surface area contributed by atoms with Crippen LogP contribution in [0.1, 0.15) is 23.9 Å². The van der Waals surface area contributed by atoms with Gasteiger partial charge >= 0.3 is 0 Å². The molecule has 1 N–H and O–H groups in total. The highest BCUT2D eigenvalue weighted by Gasteiger charge is 2.09. The summed E-state index contributed by atoms with van der Waals surface area (Å²) in [6.07, 6.45) is 0.514. The molecule has 0 unspecified atom stereocenters. The summed E-state index contributed by atoms with van der Waals surface area (Å²) < 4.78 is 5.16. The van der Waals surface area contributed by atoms with Gasteiger partial charge in [-0.3, -0.25) is 4.79 Å². The van der Waals surface area contributed by atoms with E-state index >= 15 is 0 Å². The molecular weight excluding hydrogens is 268 g/mol. The minimum atomic E-state index is -0.265. The third-order valence-electron chi connectivity index (χ3n) is 2.39. The average Bonchev–Trinajstić information content (AvgIpc) is 2.85. The summed E-state index contributed by atoms with van der Waals surface area (Å²) in [6.45, 7) is 1.38. The summed E-state index contributed by atoms with van der Waals surface area (Å²) in [7, 11) is 0. The van der Waals surface area contributed by atoms with Gasteiger partial charge in [-0.2, -0.15) is 5.48 Å². The number of nitrogens with zero attached hydrogens (tertiary/aromatic N) is 1. The molecule has 0 aliphatic rings. The summed E-state index contributed by atoms with van der Waals surface area (Å²) in [5, 5.41) is 3.82. The Bertz CT molecular complexity index is 569. The number of carbonyl (C=O) groups is 1. The van der Waals surface area contributed by atoms with Crippen molar-refractivity contribution in [2.24, 2.45) is 0 Å². The van der Waals surface area contributed by atoms with Gasteiger partial charge in [0, 0.05) is 25.0 Å². The zero-order valence-corrected chi connectivity index (χ0v) is 11.1. The highest BCUT2D eigenvalue weighted by atomic mass is 35.5. The molecule has 0 radical (unpaired) electrons. The molecule has 5 nitrogen and oxygen atoms in total. The monoisotopic (exact) mass is 280 g/mol. The molecule has 2 rings (SSSR count). The number of benzene rings is 1. The zero-order valence-electron chi connectivity index (χ0n) is 10.4. The number of amides is 1. The van der Waals surface area contributed by atoms with Gasteiger partial charge in [-0.05, 0) is 6.07 Å². The molecule has 0 saturated heterocycles. The number of para-hydroxylation sites is 1. The topological polar surface area (TPSA) is 64.4 Å². The van der Waals surface area contributed by atoms with Crippen LogP contribution in [0.15, 0.2) is 34.9 Å². The minimum Gasteiger partial charge on any atom is -0.379 e. The van der Waals surface area contributed by atoms with Crippen LogP contribution in [0.2, 0.25) is 0 Å². The molecular formula is C13H13ClN2O3. The Morgan fingerprint density at radius 1 is 1.47 bits per heavy atom. The third-order valence-corrected chi connectivity index (χ3v) is 2.66. The molecule has 6 heteroatoms. The van der Waals surface area contributed by atoms with E-state index in [1.807, 2.05) is 18.2 Å². The van der Waals surface area contributed by atoms with Crippen molar-refractivity contribution >= 4 is 17.5 Å². The number of rotatable bonds is 5. The smallest absolute Gasteiger partial charge is 0.249 e. The Morgan fingerprint density at radius 3 is 2.95 bits per heavy atom. The first-order valence-electron chi connectivity index (χ1n) is 5.71. The number of carbonyl (C=O) groups excluding carboxylic acids is 1. The highest BCUT2D eigenvalue weighted by Crippen LogP contribution is 2.21. The number of hydrogen-bond acceptors (Lipinski definition) is 4. The van der Waals surface area contributed by atoms with Crippen LogP contribution in [0.5, 0.6) is 5.75 Å². The molecule has 1 aromatic heterocycles. The van der Waals surface area contributed by atoms with Gasteiger partial charge in [-0.1, -0.05) is 23.4 Å². The van der Waals surface area contributed by atoms with E-state index in [0.717, 1.165) is 5.56 Å². The molecule has 0 aliphatic heterocycles. The van der Waals surface area contributed by atoms with E-state index in [1.54, 1.807) is 12.1 Å². The molecule has 0 spiro atoms. The highest BCUT2D eigenvalue weighted by molar-refractivity contribution is 6.16. The SMILES string of the molecule is CC(=O)NOc1ccccc1Cc1cc(CCl)no1. The lowest BCUT2D eigenvalue weighted by molar-refractivity contribution is -0.125. The van der Waals surface area contributed by atoms with Gasteiger partial charge in [0.1, 0.15) is 5.76 Å². The van der Waals surface area contributed by atoms with Crippen LogP contribution in [-0.4, -0.2) is 11.1 Å². The fourth-order valence-corrected chi connectivity index (χ4v) is 1.69. The van der Waals surface area contributed by atoms with Crippen molar-refractivity contribution in [3.8, 4) is 5.75 Å². The molecule has 1 amide bonds. The molecule has 2 aromatic rings. The molecule has 1 aromatic carbocycles. The number of alkyl halides is 1. The Labute approximate surface area is 115 Å². The van der Waals surface area contributed by atoms with Gasteiger partial charge in [0.15, 0.2) is 5.75 Å². The Hall–Kier alpha value is -2.01. The standard InChI is InChI=1S/C13H13ClN2O3/c1-9(17)15-19-13-5-3-2-4-10(13)6-12-7-11(8-14)16-18-12/h2-5,7H,6,8H2,1H3,(H,15,17). The lowest BCUT2D eigenvalue weighted by Gasteiger charge is -2.08. The molecule has 100 valence electrons. The number of halogens is 1. The molecule has 19 heavy (non-hydrogen) atoms. The quantitative estimate of drug-likeness (QED) is 0.675. The van der Waals surface area contributed by atoms with Crippen LogP contribution in [0, 0.1) is 0 Å². The van der Waals surface area contributed by atoms with Gasteiger partial charge in [0.25, 0.3) is 0 Å². The van der Waals surface area contributed by atoms with E-state index in [4.69, 9.17) is 21.0 Å². The molecule has 1 heterocycles. The lowest BCUT2D eigenvalue weighted by atomic mass is 10.1. The number of hydrogen-bond donors (Lipinski definition) is 1. The minimum absolute atomic E-state index is 0.265. The first-order chi connectivity index (χ1) is 9.19. The summed E-state index contributed by atoms with van der Waals surface area (Å²) in [6, 6.07) is 9.16. The van der Waals surface area contributed by atoms with Crippen LogP contribution >= 0.6 is 11.6 Å². The maximum atomic E-state index is 10.8. The van der Waals surface area contributed by atoms with Crippen molar-refractivity contribution < 1.29 is 14.2 Å². The van der Waals surface area contributed by atoms with Crippen molar-refractivity contribution in [2.75, 3.05) is 0 Å². The van der Waals surface area contributed by atoms with Crippen molar-refractivity contribution in [1.82, 2.24) is 10.6 Å². The van der Waals surface area contributed by atoms with Gasteiger partial charge in [-0.25, -0.2) is 0 Å². The van der Waals surface area contributed by atoms with Crippen molar-refractivity contribution in [1.29, 1.82) is 0 Å². The van der Waals surface area contributed by atoms with Crippen LogP contribution in [0.25, 0.3) is 0 Å². The Balaban J connectivity index is 2.12. The van der Waals surface area contributed by atoms with E-state index in [2.05, 4.69) is 10.6 Å². The lowest BCUT2D eigenvalue weighted by Crippen LogP contribution is -2.24. The van der Waals surface area contributed by atoms with Crippen LogP contribution in [-0.2, 0) is 17.1 Å². The van der Waals surface area contributed by atoms with Gasteiger partial charge in [0.2, 0.25) is 5.91 Å². The molecule has 0 bridgehead atoms. The maximum absolute atomic E-state index is 10.8. The number of hydroxylamine groups is 1. The average molecular weight is 281 g/mol. The summed E-state index contributed by atoms with van der Waals surface area (Å²) in [4.78, 5) is 16.1. The van der Waals surface area contributed by atoms with Gasteiger partial charge < -0.3 is 9.36 Å². The van der Waals surface area contributed by atoms with Crippen molar-refractivity contribution in [2.45, 2.75) is 19.2 Å². The fraction of sp³-hybridized carbons (Fsp3) is 0.231. The molecule has 0 aliphatic carbocycles. The van der Waals surface area contributed by atoms with Gasteiger partial charge in [0.05, 0.1) is 11.6 Å². The zero-order chi connectivity index (χ0) is 13.7. The van der Waals surface area contributed by atoms with Crippen LogP contribution < -0.4 is 10.3 Å². The first-order valence-corrected chi connectivity index (χ1v) is 6.24.